The molecule has 2 saturated heterocycles. The van der Waals surface area contributed by atoms with Crippen molar-refractivity contribution in [3.8, 4) is 17.0 Å². The normalized spacial score (nSPS) is 18.7. The molecule has 4 heterocycles. The molecule has 8 nitrogen and oxygen atoms in total. The Balaban J connectivity index is 1.37. The number of ether oxygens (including phenoxy) is 1. The first-order valence-electron chi connectivity index (χ1n) is 11.3. The Hall–Kier alpha value is -3.42. The van der Waals surface area contributed by atoms with Gasteiger partial charge in [-0.15, -0.1) is 0 Å². The number of rotatable bonds is 5. The molecule has 32 heavy (non-hydrogen) atoms. The third-order valence-corrected chi connectivity index (χ3v) is 6.41. The van der Waals surface area contributed by atoms with E-state index in [1.54, 1.807) is 13.2 Å². The maximum absolute atomic E-state index is 13.1. The van der Waals surface area contributed by atoms with E-state index in [-0.39, 0.29) is 11.8 Å². The van der Waals surface area contributed by atoms with Crippen LogP contribution in [-0.2, 0) is 0 Å². The number of carbonyl (C=O) groups is 1. The summed E-state index contributed by atoms with van der Waals surface area (Å²) in [5.41, 5.74) is 3.57. The largest absolute Gasteiger partial charge is 0.497 e. The zero-order valence-electron chi connectivity index (χ0n) is 18.3. The lowest BCUT2D eigenvalue weighted by Crippen LogP contribution is -2.39. The zero-order valence-corrected chi connectivity index (χ0v) is 18.3. The van der Waals surface area contributed by atoms with E-state index in [9.17, 15) is 4.79 Å². The lowest BCUT2D eigenvalue weighted by atomic mass is 9.91. The highest BCUT2D eigenvalue weighted by Gasteiger charge is 2.29. The number of benzene rings is 1. The van der Waals surface area contributed by atoms with Crippen LogP contribution in [0.1, 0.15) is 47.7 Å². The Kier molecular flexibility index (Phi) is 5.75. The molecule has 2 aliphatic rings. The molecule has 1 N–H and O–H groups in total. The van der Waals surface area contributed by atoms with E-state index in [1.165, 1.54) is 12.8 Å². The molecular formula is C24H28N6O2. The van der Waals surface area contributed by atoms with Gasteiger partial charge in [-0.2, -0.15) is 5.10 Å². The second kappa shape index (κ2) is 8.98. The Morgan fingerprint density at radius 3 is 2.88 bits per heavy atom. The van der Waals surface area contributed by atoms with Gasteiger partial charge >= 0.3 is 0 Å². The third-order valence-electron chi connectivity index (χ3n) is 6.41. The van der Waals surface area contributed by atoms with Crippen LogP contribution in [-0.4, -0.2) is 64.3 Å². The van der Waals surface area contributed by atoms with Crippen molar-refractivity contribution < 1.29 is 9.53 Å². The minimum atomic E-state index is 0.0352. The standard InChI is InChI=1S/C24H28N6O2/c1-32-19-8-4-6-17(14-19)23(31)30-13-5-7-18(16-30)22-20(15-26-28-22)21-9-10-25-24(27-21)29-11-2-3-12-29/h4,6,8-10,14-15,18H,2-3,5,7,11-13,16H2,1H3,(H,26,28)/t18-/m0/s1. The minimum absolute atomic E-state index is 0.0352. The molecule has 2 aromatic heterocycles. The van der Waals surface area contributed by atoms with Crippen molar-refractivity contribution >= 4 is 11.9 Å². The van der Waals surface area contributed by atoms with Crippen LogP contribution in [0.25, 0.3) is 11.3 Å². The first-order chi connectivity index (χ1) is 15.7. The Morgan fingerprint density at radius 1 is 1.16 bits per heavy atom. The SMILES string of the molecule is COc1cccc(C(=O)N2CCC[C@H](c3[nH]ncc3-c3ccnc(N4CCCC4)n3)C2)c1. The molecule has 0 saturated carbocycles. The van der Waals surface area contributed by atoms with Gasteiger partial charge in [0.1, 0.15) is 5.75 Å². The van der Waals surface area contributed by atoms with Gasteiger partial charge in [-0.3, -0.25) is 9.89 Å². The predicted molar refractivity (Wildman–Crippen MR) is 122 cm³/mol. The summed E-state index contributed by atoms with van der Waals surface area (Å²) in [5, 5.41) is 7.53. The van der Waals surface area contributed by atoms with Crippen LogP contribution in [0.3, 0.4) is 0 Å². The molecule has 0 aliphatic carbocycles. The van der Waals surface area contributed by atoms with Gasteiger partial charge in [0, 0.05) is 55.1 Å². The average molecular weight is 433 g/mol. The molecule has 1 aromatic carbocycles. The topological polar surface area (TPSA) is 87.2 Å². The van der Waals surface area contributed by atoms with E-state index in [2.05, 4.69) is 20.1 Å². The zero-order chi connectivity index (χ0) is 21.9. The van der Waals surface area contributed by atoms with Crippen LogP contribution in [0.15, 0.2) is 42.7 Å². The second-order valence-electron chi connectivity index (χ2n) is 8.46. The fourth-order valence-electron chi connectivity index (χ4n) is 4.72. The van der Waals surface area contributed by atoms with Gasteiger partial charge in [-0.1, -0.05) is 6.07 Å². The maximum Gasteiger partial charge on any atom is 0.254 e. The number of methoxy groups -OCH3 is 1. The molecule has 2 fully saturated rings. The number of nitrogens with zero attached hydrogens (tertiary/aromatic N) is 5. The number of aromatic nitrogens is 4. The van der Waals surface area contributed by atoms with Crippen molar-refractivity contribution in [2.24, 2.45) is 0 Å². The van der Waals surface area contributed by atoms with Gasteiger partial charge in [0.05, 0.1) is 19.0 Å². The molecule has 166 valence electrons. The lowest BCUT2D eigenvalue weighted by Gasteiger charge is -2.33. The Morgan fingerprint density at radius 2 is 2.03 bits per heavy atom. The van der Waals surface area contributed by atoms with Crippen molar-refractivity contribution in [3.05, 3.63) is 54.0 Å². The van der Waals surface area contributed by atoms with Crippen molar-refractivity contribution in [1.29, 1.82) is 0 Å². The lowest BCUT2D eigenvalue weighted by molar-refractivity contribution is 0.0705. The second-order valence-corrected chi connectivity index (χ2v) is 8.46. The first-order valence-corrected chi connectivity index (χ1v) is 11.3. The molecular weight excluding hydrogens is 404 g/mol. The number of nitrogens with one attached hydrogen (secondary N) is 1. The maximum atomic E-state index is 13.1. The predicted octanol–water partition coefficient (Wildman–Crippen LogP) is 3.50. The number of carbonyl (C=O) groups excluding carboxylic acids is 1. The summed E-state index contributed by atoms with van der Waals surface area (Å²) in [4.78, 5) is 26.6. The first kappa shape index (κ1) is 20.5. The van der Waals surface area contributed by atoms with Gasteiger partial charge in [-0.05, 0) is 49.9 Å². The molecule has 3 aromatic rings. The number of hydrogen-bond acceptors (Lipinski definition) is 6. The van der Waals surface area contributed by atoms with Crippen LogP contribution in [0.4, 0.5) is 5.95 Å². The molecule has 8 heteroatoms. The van der Waals surface area contributed by atoms with E-state index in [1.807, 2.05) is 41.6 Å². The smallest absolute Gasteiger partial charge is 0.254 e. The number of hydrogen-bond donors (Lipinski definition) is 1. The summed E-state index contributed by atoms with van der Waals surface area (Å²) in [6, 6.07) is 9.29. The average Bonchev–Trinajstić information content (AvgIpc) is 3.56. The number of amides is 1. The molecule has 0 radical (unpaired) electrons. The number of likely N-dealkylation sites (tertiary alicyclic amines) is 1. The fourth-order valence-corrected chi connectivity index (χ4v) is 4.72. The van der Waals surface area contributed by atoms with E-state index < -0.39 is 0 Å². The summed E-state index contributed by atoms with van der Waals surface area (Å²) < 4.78 is 5.28. The van der Waals surface area contributed by atoms with Gasteiger partial charge in [0.15, 0.2) is 0 Å². The monoisotopic (exact) mass is 432 g/mol. The highest BCUT2D eigenvalue weighted by Crippen LogP contribution is 2.33. The van der Waals surface area contributed by atoms with Gasteiger partial charge in [0.25, 0.3) is 5.91 Å². The number of piperidine rings is 1. The summed E-state index contributed by atoms with van der Waals surface area (Å²) in [6.07, 6.45) is 7.98. The van der Waals surface area contributed by atoms with E-state index >= 15 is 0 Å². The molecule has 5 rings (SSSR count). The number of anilines is 1. The van der Waals surface area contributed by atoms with Gasteiger partial charge in [-0.25, -0.2) is 9.97 Å². The number of aromatic amines is 1. The third kappa shape index (κ3) is 4.04. The molecule has 0 bridgehead atoms. The van der Waals surface area contributed by atoms with Crippen LogP contribution < -0.4 is 9.64 Å². The van der Waals surface area contributed by atoms with Crippen molar-refractivity contribution in [3.63, 3.8) is 0 Å². The summed E-state index contributed by atoms with van der Waals surface area (Å²) in [5.74, 6) is 1.69. The molecule has 1 amide bonds. The van der Waals surface area contributed by atoms with Crippen molar-refractivity contribution in [2.75, 3.05) is 38.2 Å². The minimum Gasteiger partial charge on any atom is -0.497 e. The van der Waals surface area contributed by atoms with Crippen LogP contribution in [0, 0.1) is 0 Å². The fraction of sp³-hybridized carbons (Fsp3) is 0.417. The summed E-state index contributed by atoms with van der Waals surface area (Å²) in [7, 11) is 1.61. The quantitative estimate of drug-likeness (QED) is 0.664. The molecule has 0 spiro atoms. The van der Waals surface area contributed by atoms with Crippen LogP contribution >= 0.6 is 0 Å². The van der Waals surface area contributed by atoms with E-state index in [0.717, 1.165) is 55.4 Å². The number of H-pyrrole nitrogens is 1. The van der Waals surface area contributed by atoms with Crippen molar-refractivity contribution in [1.82, 2.24) is 25.1 Å². The molecule has 2 aliphatic heterocycles. The molecule has 1 atom stereocenters. The Bertz CT molecular complexity index is 1090. The van der Waals surface area contributed by atoms with Gasteiger partial charge < -0.3 is 14.5 Å². The van der Waals surface area contributed by atoms with E-state index in [0.29, 0.717) is 17.9 Å². The highest BCUT2D eigenvalue weighted by atomic mass is 16.5. The van der Waals surface area contributed by atoms with Crippen LogP contribution in [0.2, 0.25) is 0 Å². The van der Waals surface area contributed by atoms with Crippen molar-refractivity contribution in [2.45, 2.75) is 31.6 Å². The summed E-state index contributed by atoms with van der Waals surface area (Å²) >= 11 is 0. The van der Waals surface area contributed by atoms with E-state index in [4.69, 9.17) is 9.72 Å². The van der Waals surface area contributed by atoms with Crippen LogP contribution in [0.5, 0.6) is 5.75 Å². The Labute approximate surface area is 187 Å². The summed E-state index contributed by atoms with van der Waals surface area (Å²) in [6.45, 7) is 3.41. The highest BCUT2D eigenvalue weighted by molar-refractivity contribution is 5.94. The molecule has 0 unspecified atom stereocenters. The van der Waals surface area contributed by atoms with Gasteiger partial charge in [0.2, 0.25) is 5.95 Å².